The Morgan fingerprint density at radius 1 is 1.25 bits per heavy atom. The minimum absolute atomic E-state index is 0.0759. The summed E-state index contributed by atoms with van der Waals surface area (Å²) in [6.07, 6.45) is 0.319. The fourth-order valence-electron chi connectivity index (χ4n) is 1.12. The summed E-state index contributed by atoms with van der Waals surface area (Å²) in [4.78, 5) is 15.5. The van der Waals surface area contributed by atoms with E-state index in [2.05, 4.69) is 10.2 Å². The van der Waals surface area contributed by atoms with Gasteiger partial charge in [0, 0.05) is 6.54 Å². The van der Waals surface area contributed by atoms with E-state index in [0.29, 0.717) is 26.2 Å². The number of benzene rings is 1. The molecule has 88 valence electrons. The number of rotatable bonds is 7. The highest BCUT2D eigenvalue weighted by atomic mass is 16.6. The molecule has 1 aromatic rings. The average molecular weight is 224 g/mol. The Balaban J connectivity index is 2.09. The predicted octanol–water partition coefficient (Wildman–Crippen LogP) is 0.462. The highest BCUT2D eigenvalue weighted by molar-refractivity contribution is 5.75. The van der Waals surface area contributed by atoms with Gasteiger partial charge in [0.15, 0.2) is 0 Å². The van der Waals surface area contributed by atoms with E-state index in [0.717, 1.165) is 5.75 Å². The normalized spacial score (nSPS) is 9.81. The quantitative estimate of drug-likeness (QED) is 0.521. The number of carbonyl (C=O) groups is 1. The standard InChI is InChI=1S/C11H16N2O3/c12-16-9-7-13-11(14)6-8-15-10-4-2-1-3-5-10/h1-5H,6-9,12H2,(H,13,14). The lowest BCUT2D eigenvalue weighted by molar-refractivity contribution is -0.121. The molecule has 1 amide bonds. The van der Waals surface area contributed by atoms with Crippen molar-refractivity contribution in [1.29, 1.82) is 0 Å². The van der Waals surface area contributed by atoms with Crippen molar-refractivity contribution in [2.75, 3.05) is 19.8 Å². The smallest absolute Gasteiger partial charge is 0.223 e. The average Bonchev–Trinajstić information content (AvgIpc) is 2.31. The molecule has 3 N–H and O–H groups in total. The highest BCUT2D eigenvalue weighted by Gasteiger charge is 2.00. The number of hydrogen-bond acceptors (Lipinski definition) is 4. The van der Waals surface area contributed by atoms with Crippen molar-refractivity contribution in [2.45, 2.75) is 6.42 Å². The van der Waals surface area contributed by atoms with E-state index in [-0.39, 0.29) is 5.91 Å². The Labute approximate surface area is 94.5 Å². The molecular weight excluding hydrogens is 208 g/mol. The van der Waals surface area contributed by atoms with Gasteiger partial charge >= 0.3 is 0 Å². The van der Waals surface area contributed by atoms with E-state index in [1.807, 2.05) is 30.3 Å². The predicted molar refractivity (Wildman–Crippen MR) is 59.7 cm³/mol. The summed E-state index contributed by atoms with van der Waals surface area (Å²) >= 11 is 0. The Bertz CT molecular complexity index is 303. The molecule has 0 bridgehead atoms. The van der Waals surface area contributed by atoms with Crippen molar-refractivity contribution in [2.24, 2.45) is 5.90 Å². The Hall–Kier alpha value is -1.59. The summed E-state index contributed by atoms with van der Waals surface area (Å²) in [6.45, 7) is 1.09. The zero-order valence-electron chi connectivity index (χ0n) is 9.02. The fraction of sp³-hybridized carbons (Fsp3) is 0.364. The van der Waals surface area contributed by atoms with Crippen molar-refractivity contribution >= 4 is 5.91 Å². The maximum atomic E-state index is 11.2. The molecule has 0 fully saturated rings. The van der Waals surface area contributed by atoms with Gasteiger partial charge in [0.25, 0.3) is 0 Å². The zero-order valence-corrected chi connectivity index (χ0v) is 9.02. The van der Waals surface area contributed by atoms with Crippen LogP contribution in [-0.4, -0.2) is 25.7 Å². The van der Waals surface area contributed by atoms with Gasteiger partial charge in [-0.3, -0.25) is 4.79 Å². The summed E-state index contributed by atoms with van der Waals surface area (Å²) in [5, 5.41) is 2.65. The monoisotopic (exact) mass is 224 g/mol. The van der Waals surface area contributed by atoms with Crippen LogP contribution in [-0.2, 0) is 9.63 Å². The van der Waals surface area contributed by atoms with Crippen molar-refractivity contribution in [1.82, 2.24) is 5.32 Å². The number of para-hydroxylation sites is 1. The number of nitrogens with two attached hydrogens (primary N) is 1. The molecule has 5 heteroatoms. The van der Waals surface area contributed by atoms with Crippen LogP contribution in [0.3, 0.4) is 0 Å². The SMILES string of the molecule is NOCCNC(=O)CCOc1ccccc1. The van der Waals surface area contributed by atoms with E-state index < -0.39 is 0 Å². The first kappa shape index (κ1) is 12.5. The van der Waals surface area contributed by atoms with Crippen LogP contribution in [0, 0.1) is 0 Å². The second-order valence-electron chi connectivity index (χ2n) is 3.13. The number of hydrogen-bond donors (Lipinski definition) is 2. The van der Waals surface area contributed by atoms with Gasteiger partial charge in [0.2, 0.25) is 5.91 Å². The third-order valence-corrected chi connectivity index (χ3v) is 1.88. The minimum atomic E-state index is -0.0759. The summed E-state index contributed by atoms with van der Waals surface area (Å²) < 4.78 is 5.37. The van der Waals surface area contributed by atoms with E-state index in [1.54, 1.807) is 0 Å². The van der Waals surface area contributed by atoms with Crippen LogP contribution < -0.4 is 16.0 Å². The summed E-state index contributed by atoms with van der Waals surface area (Å²) in [5.41, 5.74) is 0. The van der Waals surface area contributed by atoms with Crippen LogP contribution in [0.1, 0.15) is 6.42 Å². The van der Waals surface area contributed by atoms with E-state index in [9.17, 15) is 4.79 Å². The molecule has 0 atom stereocenters. The molecule has 1 aromatic carbocycles. The highest BCUT2D eigenvalue weighted by Crippen LogP contribution is 2.08. The molecule has 0 unspecified atom stereocenters. The number of amides is 1. The molecule has 16 heavy (non-hydrogen) atoms. The van der Waals surface area contributed by atoms with Crippen LogP contribution in [0.25, 0.3) is 0 Å². The number of ether oxygens (including phenoxy) is 1. The molecule has 5 nitrogen and oxygen atoms in total. The van der Waals surface area contributed by atoms with Gasteiger partial charge in [-0.25, -0.2) is 5.90 Å². The summed E-state index contributed by atoms with van der Waals surface area (Å²) in [7, 11) is 0. The molecule has 0 radical (unpaired) electrons. The topological polar surface area (TPSA) is 73.6 Å². The molecule has 0 aromatic heterocycles. The lowest BCUT2D eigenvalue weighted by Gasteiger charge is -2.06. The van der Waals surface area contributed by atoms with Crippen LogP contribution in [0.2, 0.25) is 0 Å². The van der Waals surface area contributed by atoms with Crippen LogP contribution >= 0.6 is 0 Å². The molecule has 0 spiro atoms. The second kappa shape index (κ2) is 7.67. The summed E-state index contributed by atoms with van der Waals surface area (Å²) in [5.74, 6) is 5.50. The molecular formula is C11H16N2O3. The van der Waals surface area contributed by atoms with Crippen molar-refractivity contribution in [3.8, 4) is 5.75 Å². The van der Waals surface area contributed by atoms with Gasteiger partial charge in [-0.1, -0.05) is 18.2 Å². The fourth-order valence-corrected chi connectivity index (χ4v) is 1.12. The first-order valence-corrected chi connectivity index (χ1v) is 5.09. The lowest BCUT2D eigenvalue weighted by Crippen LogP contribution is -2.29. The van der Waals surface area contributed by atoms with Gasteiger partial charge in [-0.05, 0) is 12.1 Å². The maximum Gasteiger partial charge on any atom is 0.223 e. The molecule has 0 saturated carbocycles. The first-order chi connectivity index (χ1) is 7.83. The van der Waals surface area contributed by atoms with Crippen molar-refractivity contribution in [3.05, 3.63) is 30.3 Å². The number of nitrogens with one attached hydrogen (secondary N) is 1. The molecule has 0 aliphatic rings. The van der Waals surface area contributed by atoms with Crippen molar-refractivity contribution in [3.63, 3.8) is 0 Å². The van der Waals surface area contributed by atoms with E-state index in [4.69, 9.17) is 10.6 Å². The molecule has 1 rings (SSSR count). The van der Waals surface area contributed by atoms with Gasteiger partial charge in [0.1, 0.15) is 5.75 Å². The van der Waals surface area contributed by atoms with Crippen LogP contribution in [0.4, 0.5) is 0 Å². The van der Waals surface area contributed by atoms with Crippen LogP contribution in [0.15, 0.2) is 30.3 Å². The third-order valence-electron chi connectivity index (χ3n) is 1.88. The number of carbonyl (C=O) groups excluding carboxylic acids is 1. The van der Waals surface area contributed by atoms with Gasteiger partial charge < -0.3 is 14.9 Å². The van der Waals surface area contributed by atoms with E-state index in [1.165, 1.54) is 0 Å². The van der Waals surface area contributed by atoms with Crippen molar-refractivity contribution < 1.29 is 14.4 Å². The molecule has 0 saturated heterocycles. The van der Waals surface area contributed by atoms with Gasteiger partial charge in [0.05, 0.1) is 19.6 Å². The molecule has 0 aliphatic heterocycles. The Morgan fingerprint density at radius 3 is 2.69 bits per heavy atom. The first-order valence-electron chi connectivity index (χ1n) is 5.09. The maximum absolute atomic E-state index is 11.2. The third kappa shape index (κ3) is 5.33. The largest absolute Gasteiger partial charge is 0.493 e. The minimum Gasteiger partial charge on any atom is -0.493 e. The van der Waals surface area contributed by atoms with Crippen LogP contribution in [0.5, 0.6) is 5.75 Å². The summed E-state index contributed by atoms with van der Waals surface area (Å²) in [6, 6.07) is 9.37. The molecule has 0 aliphatic carbocycles. The lowest BCUT2D eigenvalue weighted by atomic mass is 10.3. The van der Waals surface area contributed by atoms with Gasteiger partial charge in [-0.15, -0.1) is 0 Å². The second-order valence-corrected chi connectivity index (χ2v) is 3.13. The van der Waals surface area contributed by atoms with E-state index >= 15 is 0 Å². The Morgan fingerprint density at radius 2 is 2.00 bits per heavy atom. The molecule has 0 heterocycles. The zero-order chi connectivity index (χ0) is 11.6. The Kier molecular flexibility index (Phi) is 5.98. The van der Waals surface area contributed by atoms with Gasteiger partial charge in [-0.2, -0.15) is 0 Å².